The molecule has 9 heteroatoms. The van der Waals surface area contributed by atoms with E-state index >= 15 is 0 Å². The molecule has 1 amide bonds. The Kier molecular flexibility index (Phi) is 6.08. The molecule has 0 radical (unpaired) electrons. The van der Waals surface area contributed by atoms with E-state index in [1.165, 1.54) is 23.1 Å². The van der Waals surface area contributed by atoms with Crippen molar-refractivity contribution in [2.24, 2.45) is 0 Å². The lowest BCUT2D eigenvalue weighted by Gasteiger charge is -2.14. The van der Waals surface area contributed by atoms with Crippen LogP contribution in [0, 0.1) is 6.92 Å². The number of aliphatic hydroxyl groups is 1. The van der Waals surface area contributed by atoms with E-state index in [9.17, 15) is 18.0 Å². The van der Waals surface area contributed by atoms with E-state index in [0.29, 0.717) is 5.75 Å². The van der Waals surface area contributed by atoms with Crippen LogP contribution in [0.4, 0.5) is 13.2 Å². The molecule has 1 aromatic heterocycles. The highest BCUT2D eigenvalue weighted by Crippen LogP contribution is 2.19. The van der Waals surface area contributed by atoms with Crippen molar-refractivity contribution >= 4 is 29.0 Å². The summed E-state index contributed by atoms with van der Waals surface area (Å²) < 4.78 is 35.9. The van der Waals surface area contributed by atoms with Gasteiger partial charge >= 0.3 is 6.18 Å². The van der Waals surface area contributed by atoms with Gasteiger partial charge in [0.25, 0.3) is 0 Å². The van der Waals surface area contributed by atoms with E-state index in [4.69, 9.17) is 5.11 Å². The van der Waals surface area contributed by atoms with Crippen LogP contribution in [-0.2, 0) is 10.5 Å². The summed E-state index contributed by atoms with van der Waals surface area (Å²) in [5.74, 6) is 0.0149. The van der Waals surface area contributed by atoms with Crippen LogP contribution in [-0.4, -0.2) is 40.6 Å². The normalized spacial score (nSPS) is 13.3. The molecule has 1 unspecified atom stereocenters. The summed E-state index contributed by atoms with van der Waals surface area (Å²) in [5.41, 5.74) is 0.843. The van der Waals surface area contributed by atoms with Gasteiger partial charge in [0, 0.05) is 11.1 Å². The summed E-state index contributed by atoms with van der Waals surface area (Å²) in [6.45, 7) is 1.04. The Morgan fingerprint density at radius 2 is 2.32 bits per heavy atom. The second kappa shape index (κ2) is 7.11. The van der Waals surface area contributed by atoms with Crippen LogP contribution in [0.15, 0.2) is 5.38 Å². The number of hydrogen-bond donors (Lipinski definition) is 2. The minimum atomic E-state index is -4.71. The molecule has 0 bridgehead atoms. The zero-order chi connectivity index (χ0) is 14.5. The molecule has 0 spiro atoms. The average Bonchev–Trinajstić information content (AvgIpc) is 2.70. The fourth-order valence-electron chi connectivity index (χ4n) is 1.10. The maximum absolute atomic E-state index is 12.0. The topological polar surface area (TPSA) is 62.2 Å². The van der Waals surface area contributed by atoms with Crippen molar-refractivity contribution in [1.29, 1.82) is 0 Å². The van der Waals surface area contributed by atoms with Crippen molar-refractivity contribution in [3.63, 3.8) is 0 Å². The number of thioether (sulfide) groups is 1. The van der Waals surface area contributed by atoms with Crippen molar-refractivity contribution < 1.29 is 23.1 Å². The highest BCUT2D eigenvalue weighted by molar-refractivity contribution is 7.99. The van der Waals surface area contributed by atoms with Crippen molar-refractivity contribution in [2.45, 2.75) is 25.0 Å². The maximum atomic E-state index is 12.0. The second-order valence-electron chi connectivity index (χ2n) is 3.71. The number of nitrogens with one attached hydrogen (secondary N) is 1. The van der Waals surface area contributed by atoms with Gasteiger partial charge < -0.3 is 10.4 Å². The van der Waals surface area contributed by atoms with Gasteiger partial charge in [-0.15, -0.1) is 23.1 Å². The van der Waals surface area contributed by atoms with Gasteiger partial charge in [0.15, 0.2) is 6.10 Å². The van der Waals surface area contributed by atoms with E-state index in [2.05, 4.69) is 4.98 Å². The molecule has 1 aromatic rings. The third kappa shape index (κ3) is 6.26. The van der Waals surface area contributed by atoms with E-state index < -0.39 is 24.7 Å². The number of amides is 1. The number of carbonyl (C=O) groups excluding carboxylic acids is 1. The molecule has 1 heterocycles. The number of carbonyl (C=O) groups is 1. The Morgan fingerprint density at radius 3 is 2.84 bits per heavy atom. The first kappa shape index (κ1) is 16.3. The van der Waals surface area contributed by atoms with Crippen LogP contribution < -0.4 is 5.32 Å². The van der Waals surface area contributed by atoms with Crippen LogP contribution in [0.3, 0.4) is 0 Å². The zero-order valence-corrected chi connectivity index (χ0v) is 11.7. The first-order valence-electron chi connectivity index (χ1n) is 5.29. The Balaban J connectivity index is 2.18. The van der Waals surface area contributed by atoms with Gasteiger partial charge in [0.2, 0.25) is 5.91 Å². The van der Waals surface area contributed by atoms with Crippen LogP contribution >= 0.6 is 23.1 Å². The lowest BCUT2D eigenvalue weighted by molar-refractivity contribution is -0.201. The lowest BCUT2D eigenvalue weighted by atomic mass is 10.3. The van der Waals surface area contributed by atoms with Gasteiger partial charge in [-0.2, -0.15) is 13.2 Å². The molecular weight excluding hydrogens is 301 g/mol. The molecule has 1 atom stereocenters. The molecule has 19 heavy (non-hydrogen) atoms. The number of aliphatic hydroxyl groups excluding tert-OH is 1. The minimum Gasteiger partial charge on any atom is -0.382 e. The molecule has 0 aliphatic rings. The van der Waals surface area contributed by atoms with E-state index in [1.54, 1.807) is 0 Å². The van der Waals surface area contributed by atoms with Gasteiger partial charge in [-0.3, -0.25) is 4.79 Å². The van der Waals surface area contributed by atoms with Crippen molar-refractivity contribution in [2.75, 3.05) is 12.3 Å². The monoisotopic (exact) mass is 314 g/mol. The van der Waals surface area contributed by atoms with Gasteiger partial charge in [0.05, 0.1) is 23.0 Å². The summed E-state index contributed by atoms with van der Waals surface area (Å²) >= 11 is 2.75. The third-order valence-electron chi connectivity index (χ3n) is 2.02. The zero-order valence-electron chi connectivity index (χ0n) is 10.0. The van der Waals surface area contributed by atoms with Crippen molar-refractivity contribution in [3.05, 3.63) is 16.1 Å². The molecule has 2 N–H and O–H groups in total. The second-order valence-corrected chi connectivity index (χ2v) is 5.76. The van der Waals surface area contributed by atoms with Crippen LogP contribution in [0.2, 0.25) is 0 Å². The predicted octanol–water partition coefficient (Wildman–Crippen LogP) is 1.72. The van der Waals surface area contributed by atoms with Crippen LogP contribution in [0.25, 0.3) is 0 Å². The van der Waals surface area contributed by atoms with Crippen molar-refractivity contribution in [3.8, 4) is 0 Å². The first-order chi connectivity index (χ1) is 8.79. The predicted molar refractivity (Wildman–Crippen MR) is 68.1 cm³/mol. The number of halogens is 3. The molecule has 1 rings (SSSR count). The minimum absolute atomic E-state index is 0.0289. The number of aryl methyl sites for hydroxylation is 1. The fourth-order valence-corrected chi connectivity index (χ4v) is 2.56. The Hall–Kier alpha value is -0.800. The number of nitrogens with zero attached hydrogens (tertiary/aromatic N) is 1. The number of aromatic nitrogens is 1. The highest BCUT2D eigenvalue weighted by Gasteiger charge is 2.38. The van der Waals surface area contributed by atoms with Crippen molar-refractivity contribution in [1.82, 2.24) is 10.3 Å². The number of hydrogen-bond acceptors (Lipinski definition) is 5. The van der Waals surface area contributed by atoms with E-state index in [-0.39, 0.29) is 5.75 Å². The van der Waals surface area contributed by atoms with Crippen LogP contribution in [0.1, 0.15) is 10.7 Å². The quantitative estimate of drug-likeness (QED) is 0.839. The molecule has 0 fully saturated rings. The molecular formula is C10H13F3N2O2S2. The Labute approximate surface area is 116 Å². The van der Waals surface area contributed by atoms with Gasteiger partial charge in [-0.1, -0.05) is 0 Å². The average molecular weight is 314 g/mol. The molecule has 0 saturated heterocycles. The molecule has 0 aliphatic carbocycles. The van der Waals surface area contributed by atoms with Gasteiger partial charge in [-0.05, 0) is 6.92 Å². The first-order valence-corrected chi connectivity index (χ1v) is 7.32. The Bertz CT molecular complexity index is 423. The fraction of sp³-hybridized carbons (Fsp3) is 0.600. The summed E-state index contributed by atoms with van der Waals surface area (Å²) in [6.07, 6.45) is -7.24. The molecule has 108 valence electrons. The highest BCUT2D eigenvalue weighted by atomic mass is 32.2. The summed E-state index contributed by atoms with van der Waals surface area (Å²) in [7, 11) is 0. The molecule has 0 saturated carbocycles. The van der Waals surface area contributed by atoms with Gasteiger partial charge in [0.1, 0.15) is 0 Å². The number of alkyl halides is 3. The molecule has 0 aromatic carbocycles. The molecule has 4 nitrogen and oxygen atoms in total. The van der Waals surface area contributed by atoms with Gasteiger partial charge in [-0.25, -0.2) is 4.98 Å². The van der Waals surface area contributed by atoms with E-state index in [1.807, 2.05) is 17.6 Å². The standard InChI is InChI=1S/C10H13F3N2O2S2/c1-6-15-7(4-19-6)3-18-5-9(17)14-2-8(16)10(11,12)13/h4,8,16H,2-3,5H2,1H3,(H,14,17). The summed E-state index contributed by atoms with van der Waals surface area (Å²) in [6, 6.07) is 0. The maximum Gasteiger partial charge on any atom is 0.416 e. The largest absolute Gasteiger partial charge is 0.416 e. The Morgan fingerprint density at radius 1 is 1.63 bits per heavy atom. The smallest absolute Gasteiger partial charge is 0.382 e. The lowest BCUT2D eigenvalue weighted by Crippen LogP contribution is -2.41. The summed E-state index contributed by atoms with van der Waals surface area (Å²) in [4.78, 5) is 15.4. The SMILES string of the molecule is Cc1nc(CSCC(=O)NCC(O)C(F)(F)F)cs1. The number of rotatable bonds is 6. The van der Waals surface area contributed by atoms with Crippen LogP contribution in [0.5, 0.6) is 0 Å². The molecule has 0 aliphatic heterocycles. The third-order valence-corrected chi connectivity index (χ3v) is 3.81. The number of thiazole rings is 1. The summed E-state index contributed by atoms with van der Waals surface area (Å²) in [5, 5.41) is 13.5. The van der Waals surface area contributed by atoms with E-state index in [0.717, 1.165) is 10.7 Å².